The summed E-state index contributed by atoms with van der Waals surface area (Å²) < 4.78 is 11.0. The molecule has 0 N–H and O–H groups in total. The predicted octanol–water partition coefficient (Wildman–Crippen LogP) is 2.34. The average molecular weight is 282 g/mol. The highest BCUT2D eigenvalue weighted by Crippen LogP contribution is 2.35. The van der Waals surface area contributed by atoms with Gasteiger partial charge >= 0.3 is 0 Å². The van der Waals surface area contributed by atoms with Crippen molar-refractivity contribution >= 4 is 16.6 Å². The fraction of sp³-hybridized carbons (Fsp3) is 0.500. The first-order valence-corrected chi connectivity index (χ1v) is 8.00. The number of hydrogen-bond acceptors (Lipinski definition) is 4. The van der Waals surface area contributed by atoms with Gasteiger partial charge in [-0.3, -0.25) is 9.00 Å². The van der Waals surface area contributed by atoms with E-state index < -0.39 is 16.4 Å². The highest BCUT2D eigenvalue weighted by atomic mass is 32.2. The zero-order valence-corrected chi connectivity index (χ0v) is 12.0. The zero-order valence-electron chi connectivity index (χ0n) is 11.2. The molecule has 104 valence electrons. The van der Waals surface area contributed by atoms with Crippen LogP contribution in [0.25, 0.3) is 0 Å². The Kier molecular flexibility index (Phi) is 4.37. The number of hydrogen-bond donors (Lipinski definition) is 0. The number of ketones is 1. The fourth-order valence-corrected chi connectivity index (χ4v) is 2.76. The van der Waals surface area contributed by atoms with Crippen LogP contribution in [0.5, 0.6) is 5.75 Å². The first kappa shape index (κ1) is 14.2. The largest absolute Gasteiger partial charge is 0.337 e. The van der Waals surface area contributed by atoms with Gasteiger partial charge in [0, 0.05) is 23.5 Å². The van der Waals surface area contributed by atoms with Crippen molar-refractivity contribution in [2.45, 2.75) is 31.8 Å². The van der Waals surface area contributed by atoms with E-state index in [-0.39, 0.29) is 11.5 Å². The molecule has 19 heavy (non-hydrogen) atoms. The van der Waals surface area contributed by atoms with Gasteiger partial charge in [0.1, 0.15) is 11.4 Å². The van der Waals surface area contributed by atoms with Gasteiger partial charge in [0.05, 0.1) is 5.75 Å². The second-order valence-corrected chi connectivity index (χ2v) is 6.47. The van der Waals surface area contributed by atoms with E-state index in [0.29, 0.717) is 25.0 Å². The zero-order chi connectivity index (χ0) is 13.9. The van der Waals surface area contributed by atoms with Crippen LogP contribution in [-0.4, -0.2) is 22.0 Å². The van der Waals surface area contributed by atoms with Crippen molar-refractivity contribution in [1.82, 2.24) is 0 Å². The third-order valence-corrected chi connectivity index (χ3v) is 3.99. The first-order chi connectivity index (χ1) is 8.99. The summed E-state index contributed by atoms with van der Waals surface area (Å²) in [7, 11) is -1.06. The van der Waals surface area contributed by atoms with E-state index in [0.717, 1.165) is 5.56 Å². The molecule has 2 aliphatic heterocycles. The standard InChI is InChI=1S/C14H18O4S/c1-14(9-3-4-12(15)10-19(2)16)11-5-7-13(8-6-11)17-18-14/h5-8H,3-4,9-10H2,1-2H3. The maximum absolute atomic E-state index is 11.5. The summed E-state index contributed by atoms with van der Waals surface area (Å²) in [6, 6.07) is 7.69. The van der Waals surface area contributed by atoms with E-state index >= 15 is 0 Å². The molecule has 0 amide bonds. The normalized spacial score (nSPS) is 22.6. The molecule has 2 unspecified atom stereocenters. The topological polar surface area (TPSA) is 52.6 Å². The molecule has 2 bridgehead atoms. The van der Waals surface area contributed by atoms with Crippen LogP contribution in [0, 0.1) is 0 Å². The molecular formula is C14H18O4S. The van der Waals surface area contributed by atoms with Gasteiger partial charge in [-0.2, -0.15) is 4.89 Å². The van der Waals surface area contributed by atoms with Gasteiger partial charge in [0.2, 0.25) is 0 Å². The minimum absolute atomic E-state index is 0.0359. The maximum Gasteiger partial charge on any atom is 0.165 e. The van der Waals surface area contributed by atoms with Crippen LogP contribution in [-0.2, 0) is 26.1 Å². The molecule has 1 aromatic carbocycles. The van der Waals surface area contributed by atoms with E-state index in [4.69, 9.17) is 9.78 Å². The first-order valence-electron chi connectivity index (χ1n) is 6.27. The molecule has 2 aliphatic rings. The molecule has 0 spiro atoms. The van der Waals surface area contributed by atoms with Crippen LogP contribution in [0.4, 0.5) is 0 Å². The lowest BCUT2D eigenvalue weighted by atomic mass is 9.90. The van der Waals surface area contributed by atoms with Gasteiger partial charge in [-0.1, -0.05) is 12.1 Å². The molecule has 3 rings (SSSR count). The lowest BCUT2D eigenvalue weighted by Gasteiger charge is -2.25. The number of carbonyl (C=O) groups excluding carboxylic acids is 1. The summed E-state index contributed by atoms with van der Waals surface area (Å²) in [6.07, 6.45) is 3.35. The van der Waals surface area contributed by atoms with Gasteiger partial charge in [-0.25, -0.2) is 0 Å². The highest BCUT2D eigenvalue weighted by Gasteiger charge is 2.32. The lowest BCUT2D eigenvalue weighted by molar-refractivity contribution is -0.292. The second kappa shape index (κ2) is 5.84. The number of carbonyl (C=O) groups is 1. The van der Waals surface area contributed by atoms with Crippen LogP contribution in [0.2, 0.25) is 0 Å². The fourth-order valence-electron chi connectivity index (χ4n) is 2.16. The minimum atomic E-state index is -1.06. The van der Waals surface area contributed by atoms with Crippen molar-refractivity contribution in [2.24, 2.45) is 0 Å². The third-order valence-electron chi connectivity index (χ3n) is 3.26. The Labute approximate surface area is 115 Å². The molecule has 0 fully saturated rings. The quantitative estimate of drug-likeness (QED) is 0.752. The maximum atomic E-state index is 11.5. The van der Waals surface area contributed by atoms with Crippen molar-refractivity contribution in [3.8, 4) is 5.75 Å². The predicted molar refractivity (Wildman–Crippen MR) is 73.3 cm³/mol. The number of rotatable bonds is 6. The van der Waals surface area contributed by atoms with E-state index in [1.165, 1.54) is 0 Å². The Morgan fingerprint density at radius 3 is 2.63 bits per heavy atom. The molecule has 0 saturated carbocycles. The molecule has 0 aromatic heterocycles. The van der Waals surface area contributed by atoms with Gasteiger partial charge < -0.3 is 4.89 Å². The second-order valence-electron chi connectivity index (χ2n) is 5.03. The van der Waals surface area contributed by atoms with Crippen molar-refractivity contribution in [2.75, 3.05) is 12.0 Å². The van der Waals surface area contributed by atoms with Gasteiger partial charge in [-0.05, 0) is 37.5 Å². The van der Waals surface area contributed by atoms with Crippen molar-refractivity contribution in [3.05, 3.63) is 29.8 Å². The Bertz CT molecular complexity index is 483. The van der Waals surface area contributed by atoms with Crippen LogP contribution in [0.1, 0.15) is 31.7 Å². The SMILES string of the molecule is CS(=O)CC(=O)CCCC1(C)OOc2ccc1cc2. The third kappa shape index (κ3) is 3.64. The molecule has 0 aliphatic carbocycles. The van der Waals surface area contributed by atoms with Crippen molar-refractivity contribution < 1.29 is 18.8 Å². The molecule has 2 atom stereocenters. The van der Waals surface area contributed by atoms with Gasteiger partial charge in [0.25, 0.3) is 0 Å². The van der Waals surface area contributed by atoms with Gasteiger partial charge in [-0.15, -0.1) is 0 Å². The number of benzene rings is 1. The van der Waals surface area contributed by atoms with E-state index in [2.05, 4.69) is 0 Å². The van der Waals surface area contributed by atoms with Crippen LogP contribution >= 0.6 is 0 Å². The Balaban J connectivity index is 1.89. The van der Waals surface area contributed by atoms with Crippen LogP contribution in [0.3, 0.4) is 0 Å². The molecule has 5 heteroatoms. The molecule has 0 saturated heterocycles. The highest BCUT2D eigenvalue weighted by molar-refractivity contribution is 7.85. The van der Waals surface area contributed by atoms with Crippen molar-refractivity contribution in [1.29, 1.82) is 0 Å². The summed E-state index contributed by atoms with van der Waals surface area (Å²) >= 11 is 0. The lowest BCUT2D eigenvalue weighted by Crippen LogP contribution is -2.26. The number of Topliss-reactive ketones (excluding diaryl/α,β-unsaturated/α-hetero) is 1. The average Bonchev–Trinajstić information content (AvgIpc) is 2.59. The smallest absolute Gasteiger partial charge is 0.165 e. The minimum Gasteiger partial charge on any atom is -0.337 e. The molecule has 0 radical (unpaired) electrons. The number of fused-ring (bicyclic) bond motifs is 4. The Morgan fingerprint density at radius 2 is 2.00 bits per heavy atom. The molecular weight excluding hydrogens is 264 g/mol. The molecule has 2 heterocycles. The van der Waals surface area contributed by atoms with E-state index in [9.17, 15) is 9.00 Å². The van der Waals surface area contributed by atoms with E-state index in [1.807, 2.05) is 31.2 Å². The summed E-state index contributed by atoms with van der Waals surface area (Å²) in [4.78, 5) is 22.2. The Morgan fingerprint density at radius 1 is 1.32 bits per heavy atom. The van der Waals surface area contributed by atoms with Crippen molar-refractivity contribution in [3.63, 3.8) is 0 Å². The Hall–Kier alpha value is -1.20. The molecule has 1 aromatic rings. The summed E-state index contributed by atoms with van der Waals surface area (Å²) in [5.74, 6) is 0.862. The van der Waals surface area contributed by atoms with Gasteiger partial charge in [0.15, 0.2) is 5.75 Å². The monoisotopic (exact) mass is 282 g/mol. The van der Waals surface area contributed by atoms with Crippen LogP contribution < -0.4 is 4.89 Å². The summed E-state index contributed by atoms with van der Waals surface area (Å²) in [5, 5.41) is 0. The summed E-state index contributed by atoms with van der Waals surface area (Å²) in [5.41, 5.74) is 0.511. The summed E-state index contributed by atoms with van der Waals surface area (Å²) in [6.45, 7) is 1.95. The van der Waals surface area contributed by atoms with E-state index in [1.54, 1.807) is 6.26 Å². The van der Waals surface area contributed by atoms with Crippen LogP contribution in [0.15, 0.2) is 24.3 Å². The molecule has 4 nitrogen and oxygen atoms in total.